The summed E-state index contributed by atoms with van der Waals surface area (Å²) >= 11 is 6.02. The average Bonchev–Trinajstić information content (AvgIpc) is 2.62. The second kappa shape index (κ2) is 7.45. The molecule has 0 aromatic heterocycles. The zero-order chi connectivity index (χ0) is 17.8. The minimum atomic E-state index is -0.137. The summed E-state index contributed by atoms with van der Waals surface area (Å²) in [5, 5.41) is 12.5. The second-order valence-corrected chi connectivity index (χ2v) is 6.46. The van der Waals surface area contributed by atoms with E-state index < -0.39 is 0 Å². The Morgan fingerprint density at radius 1 is 1.16 bits per heavy atom. The first-order chi connectivity index (χ1) is 12.1. The average molecular weight is 355 g/mol. The lowest BCUT2D eigenvalue weighted by molar-refractivity contribution is 0.208. The molecular weight excluding hydrogens is 336 g/mol. The van der Waals surface area contributed by atoms with Crippen molar-refractivity contribution >= 4 is 29.0 Å². The molecule has 5 nitrogen and oxygen atoms in total. The van der Waals surface area contributed by atoms with Crippen molar-refractivity contribution in [2.75, 3.05) is 36.4 Å². The van der Waals surface area contributed by atoms with Crippen LogP contribution in [0.3, 0.4) is 0 Å². The number of anilines is 2. The van der Waals surface area contributed by atoms with E-state index in [0.29, 0.717) is 24.3 Å². The summed E-state index contributed by atoms with van der Waals surface area (Å²) in [6.07, 6.45) is 0. The van der Waals surface area contributed by atoms with Gasteiger partial charge in [-0.25, -0.2) is 4.79 Å². The summed E-state index contributed by atoms with van der Waals surface area (Å²) < 4.78 is 0. The minimum Gasteiger partial charge on any atom is -0.368 e. The van der Waals surface area contributed by atoms with Crippen LogP contribution in [0.2, 0.25) is 5.02 Å². The van der Waals surface area contributed by atoms with E-state index in [4.69, 9.17) is 16.9 Å². The number of nitriles is 1. The number of piperazine rings is 1. The smallest absolute Gasteiger partial charge is 0.321 e. The third-order valence-corrected chi connectivity index (χ3v) is 4.54. The van der Waals surface area contributed by atoms with Crippen molar-refractivity contribution < 1.29 is 4.79 Å². The molecule has 2 amide bonds. The fraction of sp³-hybridized carbons (Fsp3) is 0.263. The molecule has 1 aliphatic rings. The summed E-state index contributed by atoms with van der Waals surface area (Å²) in [6, 6.07) is 14.7. The first-order valence-electron chi connectivity index (χ1n) is 8.14. The van der Waals surface area contributed by atoms with Crippen LogP contribution >= 0.6 is 11.6 Å². The number of hydrogen-bond donors (Lipinski definition) is 1. The number of amides is 2. The van der Waals surface area contributed by atoms with Crippen molar-refractivity contribution in [3.05, 3.63) is 58.6 Å². The van der Waals surface area contributed by atoms with Crippen LogP contribution in [0.4, 0.5) is 16.2 Å². The predicted octanol–water partition coefficient (Wildman–Crippen LogP) is 3.87. The van der Waals surface area contributed by atoms with E-state index in [1.54, 1.807) is 29.2 Å². The van der Waals surface area contributed by atoms with Gasteiger partial charge in [0, 0.05) is 42.6 Å². The molecule has 1 N–H and O–H groups in total. The minimum absolute atomic E-state index is 0.137. The van der Waals surface area contributed by atoms with E-state index in [0.717, 1.165) is 29.4 Å². The van der Waals surface area contributed by atoms with Gasteiger partial charge >= 0.3 is 6.03 Å². The van der Waals surface area contributed by atoms with Gasteiger partial charge in [0.05, 0.1) is 11.6 Å². The van der Waals surface area contributed by atoms with Gasteiger partial charge in [0.2, 0.25) is 0 Å². The van der Waals surface area contributed by atoms with Crippen molar-refractivity contribution in [2.24, 2.45) is 0 Å². The number of benzene rings is 2. The third kappa shape index (κ3) is 4.04. The van der Waals surface area contributed by atoms with Crippen molar-refractivity contribution in [3.8, 4) is 6.07 Å². The molecule has 0 radical (unpaired) electrons. The van der Waals surface area contributed by atoms with Gasteiger partial charge in [-0.3, -0.25) is 0 Å². The van der Waals surface area contributed by atoms with E-state index in [2.05, 4.69) is 16.3 Å². The first-order valence-corrected chi connectivity index (χ1v) is 8.52. The van der Waals surface area contributed by atoms with Crippen molar-refractivity contribution in [2.45, 2.75) is 6.92 Å². The van der Waals surface area contributed by atoms with Gasteiger partial charge in [-0.1, -0.05) is 17.7 Å². The molecule has 25 heavy (non-hydrogen) atoms. The number of carbonyl (C=O) groups is 1. The summed E-state index contributed by atoms with van der Waals surface area (Å²) in [7, 11) is 0. The summed E-state index contributed by atoms with van der Waals surface area (Å²) in [4.78, 5) is 16.5. The van der Waals surface area contributed by atoms with E-state index in [1.807, 2.05) is 25.1 Å². The Labute approximate surface area is 152 Å². The zero-order valence-electron chi connectivity index (χ0n) is 14.0. The van der Waals surface area contributed by atoms with E-state index >= 15 is 0 Å². The van der Waals surface area contributed by atoms with Crippen molar-refractivity contribution in [1.29, 1.82) is 5.26 Å². The molecule has 3 rings (SSSR count). The molecule has 0 unspecified atom stereocenters. The Balaban J connectivity index is 1.60. The maximum absolute atomic E-state index is 12.4. The Hall–Kier alpha value is -2.71. The summed E-state index contributed by atoms with van der Waals surface area (Å²) in [5.74, 6) is 0. The number of urea groups is 1. The molecule has 1 heterocycles. The van der Waals surface area contributed by atoms with Crippen LogP contribution in [0.5, 0.6) is 0 Å². The second-order valence-electron chi connectivity index (χ2n) is 6.03. The number of aryl methyl sites for hydroxylation is 1. The molecule has 0 spiro atoms. The Morgan fingerprint density at radius 3 is 2.60 bits per heavy atom. The Bertz CT molecular complexity index is 822. The van der Waals surface area contributed by atoms with Gasteiger partial charge in [0.25, 0.3) is 0 Å². The highest BCUT2D eigenvalue weighted by Gasteiger charge is 2.22. The highest BCUT2D eigenvalue weighted by Crippen LogP contribution is 2.24. The molecule has 2 aromatic rings. The number of carbonyl (C=O) groups excluding carboxylic acids is 1. The van der Waals surface area contributed by atoms with Crippen LogP contribution in [-0.2, 0) is 0 Å². The summed E-state index contributed by atoms with van der Waals surface area (Å²) in [6.45, 7) is 4.88. The van der Waals surface area contributed by atoms with Gasteiger partial charge in [-0.2, -0.15) is 5.26 Å². The van der Waals surface area contributed by atoms with E-state index in [1.165, 1.54) is 0 Å². The van der Waals surface area contributed by atoms with Crippen LogP contribution in [0.25, 0.3) is 0 Å². The monoisotopic (exact) mass is 354 g/mol. The molecule has 128 valence electrons. The van der Waals surface area contributed by atoms with Gasteiger partial charge in [0.1, 0.15) is 0 Å². The lowest BCUT2D eigenvalue weighted by Crippen LogP contribution is -2.50. The third-order valence-electron chi connectivity index (χ3n) is 4.31. The number of hydrogen-bond acceptors (Lipinski definition) is 3. The molecule has 0 atom stereocenters. The molecule has 6 heteroatoms. The zero-order valence-corrected chi connectivity index (χ0v) is 14.8. The highest BCUT2D eigenvalue weighted by molar-refractivity contribution is 6.30. The quantitative estimate of drug-likeness (QED) is 0.890. The van der Waals surface area contributed by atoms with E-state index in [9.17, 15) is 4.79 Å². The van der Waals surface area contributed by atoms with Crippen molar-refractivity contribution in [1.82, 2.24) is 4.90 Å². The predicted molar refractivity (Wildman–Crippen MR) is 100 cm³/mol. The van der Waals surface area contributed by atoms with Gasteiger partial charge < -0.3 is 15.1 Å². The van der Waals surface area contributed by atoms with Crippen LogP contribution < -0.4 is 10.2 Å². The molecule has 1 aliphatic heterocycles. The largest absolute Gasteiger partial charge is 0.368 e. The lowest BCUT2D eigenvalue weighted by atomic mass is 10.1. The molecule has 0 bridgehead atoms. The maximum Gasteiger partial charge on any atom is 0.321 e. The van der Waals surface area contributed by atoms with E-state index in [-0.39, 0.29) is 6.03 Å². The Kier molecular flexibility index (Phi) is 5.11. The fourth-order valence-corrected chi connectivity index (χ4v) is 3.22. The normalized spacial score (nSPS) is 14.1. The number of rotatable bonds is 2. The maximum atomic E-state index is 12.4. The SMILES string of the molecule is Cc1cc(Cl)ccc1N1CCN(C(=O)Nc2cccc(C#N)c2)CC1. The summed E-state index contributed by atoms with van der Waals surface area (Å²) in [5.41, 5.74) is 3.46. The molecule has 2 aromatic carbocycles. The van der Waals surface area contributed by atoms with Gasteiger partial charge in [-0.15, -0.1) is 0 Å². The van der Waals surface area contributed by atoms with Crippen LogP contribution in [0.1, 0.15) is 11.1 Å². The van der Waals surface area contributed by atoms with Gasteiger partial charge in [-0.05, 0) is 48.9 Å². The van der Waals surface area contributed by atoms with Crippen LogP contribution in [0.15, 0.2) is 42.5 Å². The molecule has 1 fully saturated rings. The first kappa shape index (κ1) is 17.1. The fourth-order valence-electron chi connectivity index (χ4n) is 2.99. The molecule has 0 saturated carbocycles. The number of nitrogens with one attached hydrogen (secondary N) is 1. The number of nitrogens with zero attached hydrogens (tertiary/aromatic N) is 3. The Morgan fingerprint density at radius 2 is 1.92 bits per heavy atom. The lowest BCUT2D eigenvalue weighted by Gasteiger charge is -2.36. The molecular formula is C19H19ClN4O. The topological polar surface area (TPSA) is 59.4 Å². The van der Waals surface area contributed by atoms with Gasteiger partial charge in [0.15, 0.2) is 0 Å². The van der Waals surface area contributed by atoms with Crippen LogP contribution in [0, 0.1) is 18.3 Å². The molecule has 0 aliphatic carbocycles. The molecule has 1 saturated heterocycles. The number of halogens is 1. The standard InChI is InChI=1S/C19H19ClN4O/c1-14-11-16(20)5-6-18(14)23-7-9-24(10-8-23)19(25)22-17-4-2-3-15(12-17)13-21/h2-6,11-12H,7-10H2,1H3,(H,22,25). The highest BCUT2D eigenvalue weighted by atomic mass is 35.5. The van der Waals surface area contributed by atoms with Crippen molar-refractivity contribution in [3.63, 3.8) is 0 Å². The van der Waals surface area contributed by atoms with Crippen LogP contribution in [-0.4, -0.2) is 37.1 Å².